The van der Waals surface area contributed by atoms with Crippen LogP contribution < -0.4 is 10.2 Å². The third kappa shape index (κ3) is 5.83. The number of methoxy groups -OCH3 is 1. The van der Waals surface area contributed by atoms with Gasteiger partial charge in [-0.25, -0.2) is 4.98 Å². The zero-order chi connectivity index (χ0) is 24.8. The molecule has 2 aromatic rings. The minimum absolute atomic E-state index is 0.0452. The summed E-state index contributed by atoms with van der Waals surface area (Å²) in [5, 5.41) is 13.5. The zero-order valence-corrected chi connectivity index (χ0v) is 20.8. The Balaban J connectivity index is 1.60. The van der Waals surface area contributed by atoms with E-state index in [1.807, 2.05) is 23.1 Å². The van der Waals surface area contributed by atoms with Crippen molar-refractivity contribution in [2.75, 3.05) is 50.1 Å². The van der Waals surface area contributed by atoms with E-state index in [0.717, 1.165) is 54.1 Å². The number of rotatable bonds is 10. The number of carbonyl (C=O) groups is 1. The molecule has 2 aliphatic rings. The van der Waals surface area contributed by atoms with Crippen LogP contribution in [0.4, 0.5) is 11.5 Å². The minimum atomic E-state index is 0.0452. The minimum Gasteiger partial charge on any atom is -0.385 e. The predicted octanol–water partition coefficient (Wildman–Crippen LogP) is 4.56. The largest absolute Gasteiger partial charge is 0.385 e. The van der Waals surface area contributed by atoms with Crippen LogP contribution in [0, 0.1) is 11.3 Å². The van der Waals surface area contributed by atoms with E-state index in [4.69, 9.17) is 9.72 Å². The van der Waals surface area contributed by atoms with Gasteiger partial charge in [0.1, 0.15) is 11.9 Å². The second kappa shape index (κ2) is 11.4. The lowest BCUT2D eigenvalue weighted by atomic mass is 9.98. The highest BCUT2D eigenvalue weighted by Gasteiger charge is 2.33. The number of nitrogens with zero attached hydrogens (tertiary/aromatic N) is 4. The fourth-order valence-electron chi connectivity index (χ4n) is 4.71. The van der Waals surface area contributed by atoms with Crippen molar-refractivity contribution in [2.45, 2.75) is 44.6 Å². The van der Waals surface area contributed by atoms with Crippen molar-refractivity contribution in [3.8, 4) is 17.2 Å². The van der Waals surface area contributed by atoms with Crippen molar-refractivity contribution < 1.29 is 9.53 Å². The molecule has 1 saturated carbocycles. The molecule has 1 N–H and O–H groups in total. The van der Waals surface area contributed by atoms with Gasteiger partial charge in [-0.1, -0.05) is 18.2 Å². The monoisotopic (exact) mass is 473 g/mol. The third-order valence-electron chi connectivity index (χ3n) is 6.73. The van der Waals surface area contributed by atoms with E-state index in [9.17, 15) is 10.1 Å². The molecule has 35 heavy (non-hydrogen) atoms. The summed E-state index contributed by atoms with van der Waals surface area (Å²) < 4.78 is 5.07. The van der Waals surface area contributed by atoms with Crippen molar-refractivity contribution in [3.63, 3.8) is 0 Å². The first-order valence-corrected chi connectivity index (χ1v) is 12.5. The Hall–Kier alpha value is -3.37. The molecule has 2 fully saturated rings. The number of carbonyl (C=O) groups excluding carboxylic acids is 1. The average molecular weight is 474 g/mol. The molecular formula is C28H35N5O2. The smallest absolute Gasteiger partial charge is 0.225 e. The molecule has 1 aliphatic carbocycles. The van der Waals surface area contributed by atoms with Gasteiger partial charge in [-0.3, -0.25) is 4.79 Å². The number of piperazine rings is 1. The van der Waals surface area contributed by atoms with Gasteiger partial charge in [0.2, 0.25) is 5.91 Å². The first kappa shape index (κ1) is 24.7. The van der Waals surface area contributed by atoms with E-state index in [-0.39, 0.29) is 11.9 Å². The van der Waals surface area contributed by atoms with Crippen molar-refractivity contribution >= 4 is 17.4 Å². The fraction of sp³-hybridized carbons (Fsp3) is 0.464. The summed E-state index contributed by atoms with van der Waals surface area (Å²) in [6, 6.07) is 12.8. The molecule has 1 atom stereocenters. The van der Waals surface area contributed by atoms with Crippen LogP contribution in [-0.4, -0.2) is 61.7 Å². The van der Waals surface area contributed by atoms with Crippen molar-refractivity contribution in [1.82, 2.24) is 9.88 Å². The maximum atomic E-state index is 12.5. The van der Waals surface area contributed by atoms with E-state index in [0.29, 0.717) is 44.1 Å². The number of amides is 1. The highest BCUT2D eigenvalue weighted by atomic mass is 16.5. The first-order chi connectivity index (χ1) is 17.0. The van der Waals surface area contributed by atoms with Crippen LogP contribution in [0.15, 0.2) is 43.0 Å². The zero-order valence-electron chi connectivity index (χ0n) is 20.8. The Morgan fingerprint density at radius 3 is 2.86 bits per heavy atom. The van der Waals surface area contributed by atoms with Crippen LogP contribution in [-0.2, 0) is 9.53 Å². The molecule has 0 unspecified atom stereocenters. The Morgan fingerprint density at radius 2 is 2.17 bits per heavy atom. The first-order valence-electron chi connectivity index (χ1n) is 12.5. The SMILES string of the molecule is C=CCCNc1cccc(-c2cc(C#N)c(N3CCN(C(=O)CCOC)[C@H](C)C3)nc2C2CC2)c1. The Kier molecular flexibility index (Phi) is 8.04. The summed E-state index contributed by atoms with van der Waals surface area (Å²) >= 11 is 0. The van der Waals surface area contributed by atoms with Crippen LogP contribution in [0.2, 0.25) is 0 Å². The number of hydrogen-bond donors (Lipinski definition) is 1. The molecule has 7 heteroatoms. The van der Waals surface area contributed by atoms with Crippen LogP contribution >= 0.6 is 0 Å². The molecule has 1 aromatic heterocycles. The highest BCUT2D eigenvalue weighted by molar-refractivity contribution is 5.77. The molecule has 1 aromatic carbocycles. The second-order valence-corrected chi connectivity index (χ2v) is 9.39. The summed E-state index contributed by atoms with van der Waals surface area (Å²) in [5.74, 6) is 1.29. The van der Waals surface area contributed by atoms with Gasteiger partial charge in [-0.2, -0.15) is 5.26 Å². The van der Waals surface area contributed by atoms with Gasteiger partial charge in [-0.05, 0) is 49.9 Å². The topological polar surface area (TPSA) is 81.5 Å². The molecule has 1 saturated heterocycles. The molecule has 2 heterocycles. The Bertz CT molecular complexity index is 1110. The molecule has 0 radical (unpaired) electrons. The number of benzene rings is 1. The van der Waals surface area contributed by atoms with Gasteiger partial charge in [0.25, 0.3) is 0 Å². The number of nitrogens with one attached hydrogen (secondary N) is 1. The maximum Gasteiger partial charge on any atom is 0.225 e. The summed E-state index contributed by atoms with van der Waals surface area (Å²) in [7, 11) is 1.61. The lowest BCUT2D eigenvalue weighted by molar-refractivity contribution is -0.134. The molecule has 1 amide bonds. The number of pyridine rings is 1. The molecule has 4 rings (SSSR count). The summed E-state index contributed by atoms with van der Waals surface area (Å²) in [6.07, 6.45) is 5.45. The van der Waals surface area contributed by atoms with Gasteiger partial charge in [0.15, 0.2) is 0 Å². The predicted molar refractivity (Wildman–Crippen MR) is 140 cm³/mol. The van der Waals surface area contributed by atoms with Gasteiger partial charge in [-0.15, -0.1) is 6.58 Å². The molecule has 0 bridgehead atoms. The van der Waals surface area contributed by atoms with Gasteiger partial charge in [0.05, 0.1) is 24.3 Å². The van der Waals surface area contributed by atoms with Crippen LogP contribution in [0.3, 0.4) is 0 Å². The standard InChI is InChI=1S/C28H35N5O2/c1-4-5-12-30-24-8-6-7-22(16-24)25-17-23(18-29)28(31-27(25)21-9-10-21)32-13-14-33(20(2)19-32)26(34)11-15-35-3/h4,6-8,16-17,20-21,30H,1,5,9-15,19H2,2-3H3/t20-/m1/s1. The number of ether oxygens (including phenoxy) is 1. The summed E-state index contributed by atoms with van der Waals surface area (Å²) in [6.45, 7) is 9.05. The molecule has 7 nitrogen and oxygen atoms in total. The third-order valence-corrected chi connectivity index (χ3v) is 6.73. The van der Waals surface area contributed by atoms with E-state index in [2.05, 4.69) is 48.0 Å². The van der Waals surface area contributed by atoms with E-state index in [1.54, 1.807) is 7.11 Å². The number of nitriles is 1. The van der Waals surface area contributed by atoms with Crippen LogP contribution in [0.1, 0.15) is 49.8 Å². The molecule has 1 aliphatic heterocycles. The second-order valence-electron chi connectivity index (χ2n) is 9.39. The average Bonchev–Trinajstić information content (AvgIpc) is 3.72. The number of aromatic nitrogens is 1. The number of anilines is 2. The van der Waals surface area contributed by atoms with E-state index in [1.165, 1.54) is 0 Å². The van der Waals surface area contributed by atoms with Crippen LogP contribution in [0.25, 0.3) is 11.1 Å². The van der Waals surface area contributed by atoms with Crippen LogP contribution in [0.5, 0.6) is 0 Å². The quantitative estimate of drug-likeness (QED) is 0.402. The summed E-state index contributed by atoms with van der Waals surface area (Å²) in [4.78, 5) is 21.7. The lowest BCUT2D eigenvalue weighted by Gasteiger charge is -2.41. The van der Waals surface area contributed by atoms with Gasteiger partial charge in [0, 0.05) is 56.5 Å². The molecule has 184 valence electrons. The lowest BCUT2D eigenvalue weighted by Crippen LogP contribution is -2.54. The van der Waals surface area contributed by atoms with E-state index < -0.39 is 0 Å². The van der Waals surface area contributed by atoms with Crippen molar-refractivity contribution in [3.05, 3.63) is 54.2 Å². The van der Waals surface area contributed by atoms with Gasteiger partial charge >= 0.3 is 0 Å². The molecule has 0 spiro atoms. The Labute approximate surface area is 208 Å². The molecular weight excluding hydrogens is 438 g/mol. The van der Waals surface area contributed by atoms with E-state index >= 15 is 0 Å². The maximum absolute atomic E-state index is 12.5. The van der Waals surface area contributed by atoms with Crippen molar-refractivity contribution in [2.24, 2.45) is 0 Å². The number of hydrogen-bond acceptors (Lipinski definition) is 6. The van der Waals surface area contributed by atoms with Gasteiger partial charge < -0.3 is 19.9 Å². The Morgan fingerprint density at radius 1 is 1.34 bits per heavy atom. The summed E-state index contributed by atoms with van der Waals surface area (Å²) in [5.41, 5.74) is 4.83. The highest BCUT2D eigenvalue weighted by Crippen LogP contribution is 2.45. The fourth-order valence-corrected chi connectivity index (χ4v) is 4.71. The normalized spacial score (nSPS) is 17.7. The van der Waals surface area contributed by atoms with Crippen molar-refractivity contribution in [1.29, 1.82) is 5.26 Å².